The number of ether oxygens (including phenoxy) is 1. The van der Waals surface area contributed by atoms with Gasteiger partial charge in [-0.05, 0) is 0 Å². The molecule has 0 N–H and O–H groups in total. The maximum absolute atomic E-state index is 14.2. The van der Waals surface area contributed by atoms with Crippen molar-refractivity contribution in [3.05, 3.63) is 76.4 Å². The van der Waals surface area contributed by atoms with Crippen molar-refractivity contribution < 1.29 is 48.6 Å². The third-order valence-electron chi connectivity index (χ3n) is 4.18. The fraction of sp³-hybridized carbons (Fsp3) is 0.143. The molecule has 3 rings (SSSR count). The van der Waals surface area contributed by atoms with Crippen LogP contribution in [0.5, 0.6) is 5.75 Å². The highest BCUT2D eigenvalue weighted by Crippen LogP contribution is 2.44. The summed E-state index contributed by atoms with van der Waals surface area (Å²) in [6.07, 6.45) is 0. The van der Waals surface area contributed by atoms with Crippen molar-refractivity contribution in [1.29, 1.82) is 0 Å². The van der Waals surface area contributed by atoms with Gasteiger partial charge in [0.2, 0.25) is 11.6 Å². The first kappa shape index (κ1) is 25.0. The first-order valence-corrected chi connectivity index (χ1v) is 8.75. The van der Waals surface area contributed by atoms with E-state index in [9.17, 15) is 43.9 Å². The lowest BCUT2D eigenvalue weighted by Crippen LogP contribution is -2.07. The summed E-state index contributed by atoms with van der Waals surface area (Å²) in [4.78, 5) is 0. The summed E-state index contributed by atoms with van der Waals surface area (Å²) in [6.45, 7) is 4.00. The van der Waals surface area contributed by atoms with Gasteiger partial charge in [-0.25, -0.2) is 43.9 Å². The standard InChI is InChI=1S/C19H6F10O.C2H6/c1-30-19-5(7-9(20)13(24)17(28)14(25)10(7)21)3-2-4-6(19)8-11(22)15(26)18(29)16(27)12(8)23;1-2/h2-4H,1H3;1-2H3. The lowest BCUT2D eigenvalue weighted by molar-refractivity contribution is 0.378. The van der Waals surface area contributed by atoms with E-state index in [-0.39, 0.29) is 0 Å². The van der Waals surface area contributed by atoms with Gasteiger partial charge in [0.25, 0.3) is 0 Å². The molecule has 0 radical (unpaired) electrons. The molecule has 3 aromatic carbocycles. The molecule has 0 fully saturated rings. The van der Waals surface area contributed by atoms with Gasteiger partial charge < -0.3 is 4.74 Å². The largest absolute Gasteiger partial charge is 0.495 e. The maximum Gasteiger partial charge on any atom is 0.200 e. The van der Waals surface area contributed by atoms with Crippen molar-refractivity contribution in [2.24, 2.45) is 0 Å². The SMILES string of the molecule is CC.COc1c(-c2c(F)c(F)c(F)c(F)c2F)cccc1-c1c(F)c(F)c(F)c(F)c1F. The molecule has 0 atom stereocenters. The summed E-state index contributed by atoms with van der Waals surface area (Å²) >= 11 is 0. The highest BCUT2D eigenvalue weighted by Gasteiger charge is 2.32. The molecular weight excluding hydrogens is 458 g/mol. The first-order chi connectivity index (χ1) is 15.0. The zero-order chi connectivity index (χ0) is 24.5. The first-order valence-electron chi connectivity index (χ1n) is 8.75. The van der Waals surface area contributed by atoms with Crippen molar-refractivity contribution in [2.45, 2.75) is 13.8 Å². The number of hydrogen-bond donors (Lipinski definition) is 0. The van der Waals surface area contributed by atoms with Crippen molar-refractivity contribution in [3.8, 4) is 28.0 Å². The van der Waals surface area contributed by atoms with Crippen LogP contribution in [0.4, 0.5) is 43.9 Å². The van der Waals surface area contributed by atoms with Gasteiger partial charge in [0.05, 0.1) is 18.2 Å². The molecule has 0 spiro atoms. The van der Waals surface area contributed by atoms with Crippen molar-refractivity contribution in [2.75, 3.05) is 7.11 Å². The van der Waals surface area contributed by atoms with E-state index in [0.29, 0.717) is 0 Å². The van der Waals surface area contributed by atoms with Crippen LogP contribution < -0.4 is 4.74 Å². The lowest BCUT2D eigenvalue weighted by Gasteiger charge is -2.17. The molecule has 11 heteroatoms. The number of para-hydroxylation sites is 1. The Morgan fingerprint density at radius 3 is 0.969 bits per heavy atom. The summed E-state index contributed by atoms with van der Waals surface area (Å²) in [7, 11) is 0.792. The Morgan fingerprint density at radius 1 is 0.469 bits per heavy atom. The van der Waals surface area contributed by atoms with Gasteiger partial charge in [0.1, 0.15) is 5.75 Å². The van der Waals surface area contributed by atoms with Crippen LogP contribution in [0.2, 0.25) is 0 Å². The van der Waals surface area contributed by atoms with Crippen LogP contribution in [0, 0.1) is 58.2 Å². The quantitative estimate of drug-likeness (QED) is 0.220. The summed E-state index contributed by atoms with van der Waals surface area (Å²) in [5.41, 5.74) is -4.80. The van der Waals surface area contributed by atoms with Crippen LogP contribution in [-0.4, -0.2) is 7.11 Å². The van der Waals surface area contributed by atoms with Crippen LogP contribution in [0.25, 0.3) is 22.3 Å². The number of methoxy groups -OCH3 is 1. The predicted octanol–water partition coefficient (Wildman–Crippen LogP) is 7.45. The number of halogens is 10. The topological polar surface area (TPSA) is 9.23 Å². The molecule has 3 aromatic rings. The van der Waals surface area contributed by atoms with Gasteiger partial charge >= 0.3 is 0 Å². The average molecular weight is 470 g/mol. The van der Waals surface area contributed by atoms with Crippen LogP contribution in [0.1, 0.15) is 13.8 Å². The predicted molar refractivity (Wildman–Crippen MR) is 94.8 cm³/mol. The van der Waals surface area contributed by atoms with Gasteiger partial charge in [-0.15, -0.1) is 0 Å². The van der Waals surface area contributed by atoms with E-state index < -0.39 is 86.2 Å². The molecule has 1 nitrogen and oxygen atoms in total. The van der Waals surface area contributed by atoms with Gasteiger partial charge in [-0.2, -0.15) is 0 Å². The van der Waals surface area contributed by atoms with E-state index >= 15 is 0 Å². The molecule has 0 aliphatic rings. The number of rotatable bonds is 3. The molecule has 0 saturated heterocycles. The minimum atomic E-state index is -2.45. The molecule has 0 saturated carbocycles. The summed E-state index contributed by atoms with van der Waals surface area (Å²) in [6, 6.07) is 2.38. The second kappa shape index (κ2) is 9.49. The Balaban J connectivity index is 0.00000176. The van der Waals surface area contributed by atoms with Crippen LogP contribution in [-0.2, 0) is 0 Å². The Hall–Kier alpha value is -3.24. The monoisotopic (exact) mass is 470 g/mol. The molecule has 0 unspecified atom stereocenters. The van der Waals surface area contributed by atoms with Crippen LogP contribution >= 0.6 is 0 Å². The van der Waals surface area contributed by atoms with Crippen LogP contribution in [0.3, 0.4) is 0 Å². The molecular formula is C21H12F10O. The number of benzene rings is 3. The lowest BCUT2D eigenvalue weighted by atomic mass is 9.95. The Kier molecular flexibility index (Phi) is 7.42. The van der Waals surface area contributed by atoms with E-state index in [0.717, 1.165) is 25.3 Å². The third kappa shape index (κ3) is 3.76. The van der Waals surface area contributed by atoms with Crippen molar-refractivity contribution >= 4 is 0 Å². The normalized spacial score (nSPS) is 10.7. The van der Waals surface area contributed by atoms with Crippen molar-refractivity contribution in [1.82, 2.24) is 0 Å². The fourth-order valence-corrected chi connectivity index (χ4v) is 2.83. The highest BCUT2D eigenvalue weighted by molar-refractivity contribution is 5.83. The van der Waals surface area contributed by atoms with Gasteiger partial charge in [-0.3, -0.25) is 0 Å². The van der Waals surface area contributed by atoms with E-state index in [4.69, 9.17) is 4.74 Å². The van der Waals surface area contributed by atoms with E-state index in [1.54, 1.807) is 0 Å². The molecule has 0 amide bonds. The molecule has 0 aliphatic heterocycles. The van der Waals surface area contributed by atoms with Crippen LogP contribution in [0.15, 0.2) is 18.2 Å². The Morgan fingerprint density at radius 2 is 0.719 bits per heavy atom. The van der Waals surface area contributed by atoms with Gasteiger partial charge in [0, 0.05) is 11.1 Å². The van der Waals surface area contributed by atoms with Crippen molar-refractivity contribution in [3.63, 3.8) is 0 Å². The maximum atomic E-state index is 14.2. The Labute approximate surface area is 174 Å². The fourth-order valence-electron chi connectivity index (χ4n) is 2.83. The van der Waals surface area contributed by atoms with Gasteiger partial charge in [-0.1, -0.05) is 32.0 Å². The third-order valence-corrected chi connectivity index (χ3v) is 4.18. The smallest absolute Gasteiger partial charge is 0.200 e. The highest BCUT2D eigenvalue weighted by atomic mass is 19.2. The average Bonchev–Trinajstić information content (AvgIpc) is 2.80. The van der Waals surface area contributed by atoms with Gasteiger partial charge in [0.15, 0.2) is 46.5 Å². The molecule has 0 bridgehead atoms. The molecule has 0 aromatic heterocycles. The van der Waals surface area contributed by atoms with E-state index in [2.05, 4.69) is 0 Å². The molecule has 0 aliphatic carbocycles. The van der Waals surface area contributed by atoms with E-state index in [1.807, 2.05) is 13.8 Å². The zero-order valence-corrected chi connectivity index (χ0v) is 16.4. The summed E-state index contributed by atoms with van der Waals surface area (Å²) in [5, 5.41) is 0. The second-order valence-corrected chi connectivity index (χ2v) is 5.78. The summed E-state index contributed by atoms with van der Waals surface area (Å²) < 4.78 is 142. The molecule has 32 heavy (non-hydrogen) atoms. The van der Waals surface area contributed by atoms with E-state index in [1.165, 1.54) is 0 Å². The molecule has 0 heterocycles. The Bertz CT molecular complexity index is 1040. The minimum Gasteiger partial charge on any atom is -0.495 e. The minimum absolute atomic E-state index is 0.770. The zero-order valence-electron chi connectivity index (χ0n) is 16.4. The summed E-state index contributed by atoms with van der Waals surface area (Å²) in [5.74, 6) is -24.2. The number of hydrogen-bond acceptors (Lipinski definition) is 1. The second-order valence-electron chi connectivity index (χ2n) is 5.78. The molecule has 172 valence electrons.